The van der Waals surface area contributed by atoms with E-state index >= 15 is 0 Å². The van der Waals surface area contributed by atoms with Gasteiger partial charge in [-0.15, -0.1) is 0 Å². The van der Waals surface area contributed by atoms with Gasteiger partial charge in [-0.25, -0.2) is 4.68 Å². The van der Waals surface area contributed by atoms with Gasteiger partial charge in [0, 0.05) is 23.4 Å². The van der Waals surface area contributed by atoms with Crippen LogP contribution >= 0.6 is 0 Å². The molecule has 0 saturated heterocycles. The summed E-state index contributed by atoms with van der Waals surface area (Å²) in [7, 11) is 1.93. The van der Waals surface area contributed by atoms with Crippen molar-refractivity contribution in [2.45, 2.75) is 33.1 Å². The normalized spacial score (nSPS) is 12.0. The lowest BCUT2D eigenvalue weighted by Crippen LogP contribution is -2.18. The van der Waals surface area contributed by atoms with Gasteiger partial charge in [0.05, 0.1) is 23.5 Å². The van der Waals surface area contributed by atoms with Crippen LogP contribution in [0.1, 0.15) is 28.4 Å². The van der Waals surface area contributed by atoms with Gasteiger partial charge >= 0.3 is 6.18 Å². The van der Waals surface area contributed by atoms with Crippen LogP contribution in [0.25, 0.3) is 17.1 Å². The second-order valence-electron chi connectivity index (χ2n) is 7.66. The van der Waals surface area contributed by atoms with Crippen LogP contribution in [0.2, 0.25) is 0 Å². The summed E-state index contributed by atoms with van der Waals surface area (Å²) in [6.07, 6.45) is -4.38. The summed E-state index contributed by atoms with van der Waals surface area (Å²) < 4.78 is 45.5. The minimum atomic E-state index is -4.38. The molecule has 32 heavy (non-hydrogen) atoms. The molecule has 0 spiro atoms. The van der Waals surface area contributed by atoms with Gasteiger partial charge in [0.1, 0.15) is 0 Å². The van der Waals surface area contributed by atoms with Crippen molar-refractivity contribution in [1.29, 1.82) is 0 Å². The zero-order valence-electron chi connectivity index (χ0n) is 17.9. The van der Waals surface area contributed by atoms with Crippen LogP contribution in [0.3, 0.4) is 0 Å². The van der Waals surface area contributed by atoms with E-state index in [0.29, 0.717) is 24.5 Å². The van der Waals surface area contributed by atoms with Crippen molar-refractivity contribution in [2.24, 2.45) is 0 Å². The molecule has 9 heteroatoms. The molecular weight excluding hydrogens is 419 g/mol. The molecule has 0 amide bonds. The van der Waals surface area contributed by atoms with Crippen molar-refractivity contribution in [3.8, 4) is 17.1 Å². The van der Waals surface area contributed by atoms with Gasteiger partial charge in [-0.3, -0.25) is 4.90 Å². The first-order valence-corrected chi connectivity index (χ1v) is 10.0. The van der Waals surface area contributed by atoms with Crippen LogP contribution in [0.4, 0.5) is 13.2 Å². The third kappa shape index (κ3) is 4.57. The number of aryl methyl sites for hydroxylation is 1. The lowest BCUT2D eigenvalue weighted by Gasteiger charge is -2.14. The summed E-state index contributed by atoms with van der Waals surface area (Å²) in [4.78, 5) is 6.35. The summed E-state index contributed by atoms with van der Waals surface area (Å²) in [5, 5.41) is 8.57. The largest absolute Gasteiger partial charge is 0.416 e. The van der Waals surface area contributed by atoms with E-state index in [1.54, 1.807) is 0 Å². The maximum atomic E-state index is 12.7. The first-order valence-electron chi connectivity index (χ1n) is 10.0. The lowest BCUT2D eigenvalue weighted by atomic mass is 10.1. The SMILES string of the molecule is Cc1nn(-c2ccccc2)c(C)c1CN(C)Cc1nc(-c2ccc(C(F)(F)F)cc2)no1. The number of para-hydroxylation sites is 1. The van der Waals surface area contributed by atoms with Crippen molar-refractivity contribution in [3.63, 3.8) is 0 Å². The van der Waals surface area contributed by atoms with Crippen LogP contribution in [-0.2, 0) is 19.3 Å². The van der Waals surface area contributed by atoms with Crippen LogP contribution in [0.5, 0.6) is 0 Å². The fourth-order valence-electron chi connectivity index (χ4n) is 3.53. The molecule has 0 unspecified atom stereocenters. The van der Waals surface area contributed by atoms with Gasteiger partial charge in [-0.2, -0.15) is 23.3 Å². The minimum Gasteiger partial charge on any atom is -0.338 e. The van der Waals surface area contributed by atoms with Gasteiger partial charge in [-0.05, 0) is 45.2 Å². The van der Waals surface area contributed by atoms with Crippen molar-refractivity contribution >= 4 is 0 Å². The van der Waals surface area contributed by atoms with Gasteiger partial charge < -0.3 is 4.52 Å². The van der Waals surface area contributed by atoms with Gasteiger partial charge in [0.25, 0.3) is 0 Å². The van der Waals surface area contributed by atoms with Gasteiger partial charge in [-0.1, -0.05) is 35.5 Å². The van der Waals surface area contributed by atoms with Crippen LogP contribution in [0.15, 0.2) is 59.1 Å². The van der Waals surface area contributed by atoms with Crippen molar-refractivity contribution < 1.29 is 17.7 Å². The van der Waals surface area contributed by atoms with E-state index in [9.17, 15) is 13.2 Å². The molecule has 0 aliphatic rings. The highest BCUT2D eigenvalue weighted by Crippen LogP contribution is 2.30. The molecule has 6 nitrogen and oxygen atoms in total. The van der Waals surface area contributed by atoms with Crippen molar-refractivity contribution in [2.75, 3.05) is 7.05 Å². The number of hydrogen-bond donors (Lipinski definition) is 0. The van der Waals surface area contributed by atoms with Gasteiger partial charge in [0.15, 0.2) is 0 Å². The summed E-state index contributed by atoms with van der Waals surface area (Å²) >= 11 is 0. The highest BCUT2D eigenvalue weighted by atomic mass is 19.4. The third-order valence-electron chi connectivity index (χ3n) is 5.21. The number of benzene rings is 2. The second-order valence-corrected chi connectivity index (χ2v) is 7.66. The lowest BCUT2D eigenvalue weighted by molar-refractivity contribution is -0.137. The average Bonchev–Trinajstić information content (AvgIpc) is 3.34. The predicted octanol–water partition coefficient (Wildman–Crippen LogP) is 5.19. The Hall–Kier alpha value is -3.46. The van der Waals surface area contributed by atoms with E-state index < -0.39 is 11.7 Å². The third-order valence-corrected chi connectivity index (χ3v) is 5.21. The molecule has 2 aromatic heterocycles. The molecule has 2 heterocycles. The molecule has 0 saturated carbocycles. The molecule has 0 aliphatic carbocycles. The van der Waals surface area contributed by atoms with E-state index in [-0.39, 0.29) is 5.82 Å². The van der Waals surface area contributed by atoms with E-state index in [1.165, 1.54) is 12.1 Å². The average molecular weight is 441 g/mol. The first kappa shape index (κ1) is 21.8. The zero-order chi connectivity index (χ0) is 22.9. The summed E-state index contributed by atoms with van der Waals surface area (Å²) in [5.74, 6) is 0.638. The smallest absolute Gasteiger partial charge is 0.338 e. The van der Waals surface area contributed by atoms with Crippen molar-refractivity contribution in [3.05, 3.63) is 83.0 Å². The Balaban J connectivity index is 1.45. The standard InChI is InChI=1S/C23H22F3N5O/c1-15-20(16(2)31(28-15)19-7-5-4-6-8-19)13-30(3)14-21-27-22(29-32-21)17-9-11-18(12-10-17)23(24,25)26/h4-12H,13-14H2,1-3H3. The Morgan fingerprint density at radius 3 is 2.31 bits per heavy atom. The number of nitrogens with zero attached hydrogens (tertiary/aromatic N) is 5. The maximum Gasteiger partial charge on any atom is 0.416 e. The molecule has 4 rings (SSSR count). The number of aromatic nitrogens is 4. The number of halogens is 3. The predicted molar refractivity (Wildman–Crippen MR) is 113 cm³/mol. The highest BCUT2D eigenvalue weighted by molar-refractivity contribution is 5.54. The fourth-order valence-corrected chi connectivity index (χ4v) is 3.53. The molecule has 0 aliphatic heterocycles. The fraction of sp³-hybridized carbons (Fsp3) is 0.261. The van der Waals surface area contributed by atoms with Crippen LogP contribution in [-0.4, -0.2) is 31.9 Å². The second kappa shape index (κ2) is 8.58. The number of hydrogen-bond acceptors (Lipinski definition) is 5. The van der Waals surface area contributed by atoms with Crippen molar-refractivity contribution in [1.82, 2.24) is 24.8 Å². The molecule has 0 atom stereocenters. The monoisotopic (exact) mass is 441 g/mol. The van der Waals surface area contributed by atoms with Crippen LogP contribution in [0, 0.1) is 13.8 Å². The number of alkyl halides is 3. The molecule has 2 aromatic carbocycles. The molecule has 0 N–H and O–H groups in total. The zero-order valence-corrected chi connectivity index (χ0v) is 17.9. The molecule has 0 bridgehead atoms. The topological polar surface area (TPSA) is 60.0 Å². The van der Waals surface area contributed by atoms with E-state index in [1.807, 2.05) is 60.8 Å². The summed E-state index contributed by atoms with van der Waals surface area (Å²) in [5.41, 5.74) is 3.85. The highest BCUT2D eigenvalue weighted by Gasteiger charge is 2.30. The van der Waals surface area contributed by atoms with E-state index in [0.717, 1.165) is 34.8 Å². The molecule has 4 aromatic rings. The maximum absolute atomic E-state index is 12.7. The Bertz CT molecular complexity index is 1200. The van der Waals surface area contributed by atoms with Gasteiger partial charge in [0.2, 0.25) is 11.7 Å². The number of rotatable bonds is 6. The summed E-state index contributed by atoms with van der Waals surface area (Å²) in [6.45, 7) is 5.03. The Labute approximate surface area is 183 Å². The Morgan fingerprint density at radius 1 is 0.969 bits per heavy atom. The van der Waals surface area contributed by atoms with Crippen LogP contribution < -0.4 is 0 Å². The van der Waals surface area contributed by atoms with E-state index in [2.05, 4.69) is 15.2 Å². The van der Waals surface area contributed by atoms with E-state index in [4.69, 9.17) is 4.52 Å². The molecular formula is C23H22F3N5O. The Kier molecular flexibility index (Phi) is 5.84. The summed E-state index contributed by atoms with van der Waals surface area (Å²) in [6, 6.07) is 14.6. The minimum absolute atomic E-state index is 0.256. The quantitative estimate of drug-likeness (QED) is 0.412. The first-order chi connectivity index (χ1) is 15.2. The molecule has 0 radical (unpaired) electrons. The Morgan fingerprint density at radius 2 is 1.66 bits per heavy atom. The molecule has 0 fully saturated rings. The molecule has 166 valence electrons.